The average Bonchev–Trinajstić information content (AvgIpc) is 2.39. The SMILES string of the molecule is C=C(NC1CC1(F)F)C(=O)O. The van der Waals surface area contributed by atoms with Crippen molar-refractivity contribution in [3.63, 3.8) is 0 Å². The number of nitrogens with one attached hydrogen (secondary N) is 1. The lowest BCUT2D eigenvalue weighted by Gasteiger charge is -2.02. The van der Waals surface area contributed by atoms with Crippen LogP contribution in [-0.2, 0) is 4.79 Å². The maximum absolute atomic E-state index is 12.1. The van der Waals surface area contributed by atoms with Gasteiger partial charge in [0, 0.05) is 6.42 Å². The summed E-state index contributed by atoms with van der Waals surface area (Å²) in [5.74, 6) is -4.05. The third-order valence-electron chi connectivity index (χ3n) is 1.43. The van der Waals surface area contributed by atoms with Crippen molar-refractivity contribution in [3.05, 3.63) is 12.3 Å². The molecule has 1 aliphatic carbocycles. The summed E-state index contributed by atoms with van der Waals surface area (Å²) in [6, 6.07) is -1.04. The number of aliphatic carboxylic acids is 1. The second kappa shape index (κ2) is 2.18. The zero-order valence-corrected chi connectivity index (χ0v) is 5.60. The van der Waals surface area contributed by atoms with Gasteiger partial charge >= 0.3 is 5.97 Å². The van der Waals surface area contributed by atoms with Gasteiger partial charge in [0.25, 0.3) is 5.92 Å². The van der Waals surface area contributed by atoms with Crippen molar-refractivity contribution in [1.29, 1.82) is 0 Å². The molecule has 0 aliphatic heterocycles. The Kier molecular flexibility index (Phi) is 1.58. The Morgan fingerprint density at radius 1 is 1.73 bits per heavy atom. The van der Waals surface area contributed by atoms with E-state index in [1.165, 1.54) is 0 Å². The zero-order chi connectivity index (χ0) is 8.65. The third-order valence-corrected chi connectivity index (χ3v) is 1.43. The predicted octanol–water partition coefficient (Wildman–Crippen LogP) is 0.582. The summed E-state index contributed by atoms with van der Waals surface area (Å²) < 4.78 is 24.2. The van der Waals surface area contributed by atoms with Gasteiger partial charge in [0.2, 0.25) is 0 Å². The van der Waals surface area contributed by atoms with E-state index in [-0.39, 0.29) is 12.1 Å². The summed E-state index contributed by atoms with van der Waals surface area (Å²) in [6.45, 7) is 3.06. The molecule has 0 amide bonds. The summed E-state index contributed by atoms with van der Waals surface area (Å²) in [6.07, 6.45) is -0.306. The predicted molar refractivity (Wildman–Crippen MR) is 33.3 cm³/mol. The van der Waals surface area contributed by atoms with Crippen LogP contribution in [0.25, 0.3) is 0 Å². The normalized spacial score (nSPS) is 25.8. The maximum atomic E-state index is 12.1. The molecule has 1 rings (SSSR count). The van der Waals surface area contributed by atoms with E-state index in [0.29, 0.717) is 0 Å². The molecule has 1 aliphatic rings. The highest BCUT2D eigenvalue weighted by Crippen LogP contribution is 2.41. The van der Waals surface area contributed by atoms with Gasteiger partial charge in [0.1, 0.15) is 5.70 Å². The summed E-state index contributed by atoms with van der Waals surface area (Å²) in [5, 5.41) is 10.3. The highest BCUT2D eigenvalue weighted by atomic mass is 19.3. The number of carbonyl (C=O) groups is 1. The number of carboxylic acid groups (broad SMARTS) is 1. The fourth-order valence-electron chi connectivity index (χ4n) is 0.642. The molecule has 0 saturated heterocycles. The van der Waals surface area contributed by atoms with E-state index in [0.717, 1.165) is 0 Å². The summed E-state index contributed by atoms with van der Waals surface area (Å²) in [7, 11) is 0. The van der Waals surface area contributed by atoms with E-state index in [2.05, 4.69) is 11.9 Å². The van der Waals surface area contributed by atoms with Crippen LogP contribution in [0.15, 0.2) is 12.3 Å². The molecule has 0 spiro atoms. The van der Waals surface area contributed by atoms with Crippen molar-refractivity contribution in [2.45, 2.75) is 18.4 Å². The lowest BCUT2D eigenvalue weighted by atomic mass is 10.5. The number of rotatable bonds is 3. The first-order chi connectivity index (χ1) is 4.93. The molecule has 2 N–H and O–H groups in total. The van der Waals surface area contributed by atoms with Gasteiger partial charge in [-0.1, -0.05) is 6.58 Å². The fourth-order valence-corrected chi connectivity index (χ4v) is 0.642. The lowest BCUT2D eigenvalue weighted by Crippen LogP contribution is -2.25. The summed E-state index contributed by atoms with van der Waals surface area (Å²) in [4.78, 5) is 10.1. The van der Waals surface area contributed by atoms with Crippen LogP contribution in [0, 0.1) is 0 Å². The van der Waals surface area contributed by atoms with Crippen molar-refractivity contribution in [1.82, 2.24) is 5.32 Å². The Balaban J connectivity index is 2.35. The molecule has 0 heterocycles. The van der Waals surface area contributed by atoms with Gasteiger partial charge in [-0.3, -0.25) is 0 Å². The van der Waals surface area contributed by atoms with Crippen molar-refractivity contribution < 1.29 is 18.7 Å². The van der Waals surface area contributed by atoms with Crippen LogP contribution in [0.3, 0.4) is 0 Å². The van der Waals surface area contributed by atoms with Crippen LogP contribution >= 0.6 is 0 Å². The monoisotopic (exact) mass is 163 g/mol. The Hall–Kier alpha value is -1.13. The van der Waals surface area contributed by atoms with E-state index in [1.54, 1.807) is 0 Å². The first-order valence-electron chi connectivity index (χ1n) is 3.00. The van der Waals surface area contributed by atoms with Crippen LogP contribution in [0.1, 0.15) is 6.42 Å². The molecule has 62 valence electrons. The van der Waals surface area contributed by atoms with Crippen LogP contribution < -0.4 is 5.32 Å². The van der Waals surface area contributed by atoms with Gasteiger partial charge in [0.05, 0.1) is 6.04 Å². The second-order valence-corrected chi connectivity index (χ2v) is 2.45. The molecule has 1 saturated carbocycles. The first kappa shape index (κ1) is 7.97. The number of hydrogen-bond acceptors (Lipinski definition) is 2. The molecule has 0 radical (unpaired) electrons. The molecule has 11 heavy (non-hydrogen) atoms. The molecule has 0 aromatic rings. The van der Waals surface area contributed by atoms with Gasteiger partial charge in [-0.2, -0.15) is 0 Å². The highest BCUT2D eigenvalue weighted by Gasteiger charge is 2.57. The third kappa shape index (κ3) is 1.66. The minimum Gasteiger partial charge on any atom is -0.477 e. The largest absolute Gasteiger partial charge is 0.477 e. The van der Waals surface area contributed by atoms with Gasteiger partial charge < -0.3 is 10.4 Å². The van der Waals surface area contributed by atoms with Crippen LogP contribution in [0.2, 0.25) is 0 Å². The minimum atomic E-state index is -2.75. The molecule has 0 aromatic carbocycles. The fraction of sp³-hybridized carbons (Fsp3) is 0.500. The lowest BCUT2D eigenvalue weighted by molar-refractivity contribution is -0.133. The van der Waals surface area contributed by atoms with E-state index < -0.39 is 17.9 Å². The molecule has 0 aromatic heterocycles. The van der Waals surface area contributed by atoms with E-state index in [4.69, 9.17) is 5.11 Å². The molecule has 1 unspecified atom stereocenters. The average molecular weight is 163 g/mol. The first-order valence-corrected chi connectivity index (χ1v) is 3.00. The van der Waals surface area contributed by atoms with Crippen molar-refractivity contribution in [2.24, 2.45) is 0 Å². The van der Waals surface area contributed by atoms with Gasteiger partial charge in [-0.15, -0.1) is 0 Å². The quantitative estimate of drug-likeness (QED) is 0.598. The zero-order valence-electron chi connectivity index (χ0n) is 5.60. The Morgan fingerprint density at radius 3 is 2.45 bits per heavy atom. The molecular formula is C6H7F2NO2. The number of hydrogen-bond donors (Lipinski definition) is 2. The molecule has 3 nitrogen and oxygen atoms in total. The molecular weight excluding hydrogens is 156 g/mol. The minimum absolute atomic E-state index is 0.306. The standard InChI is InChI=1S/C6H7F2NO2/c1-3(5(10)11)9-4-2-6(4,7)8/h4,9H,1-2H2,(H,10,11). The molecule has 5 heteroatoms. The number of carboxylic acids is 1. The smallest absolute Gasteiger partial charge is 0.351 e. The van der Waals surface area contributed by atoms with Gasteiger partial charge in [-0.05, 0) is 0 Å². The van der Waals surface area contributed by atoms with Crippen molar-refractivity contribution in [3.8, 4) is 0 Å². The van der Waals surface area contributed by atoms with Crippen LogP contribution in [-0.4, -0.2) is 23.0 Å². The van der Waals surface area contributed by atoms with Gasteiger partial charge in [0.15, 0.2) is 0 Å². The van der Waals surface area contributed by atoms with Crippen molar-refractivity contribution >= 4 is 5.97 Å². The molecule has 1 atom stereocenters. The molecule has 1 fully saturated rings. The Labute approximate surface area is 61.7 Å². The molecule has 0 bridgehead atoms. The maximum Gasteiger partial charge on any atom is 0.351 e. The summed E-state index contributed by atoms with van der Waals surface area (Å²) >= 11 is 0. The van der Waals surface area contributed by atoms with Crippen LogP contribution in [0.4, 0.5) is 8.78 Å². The Bertz CT molecular complexity index is 215. The van der Waals surface area contributed by atoms with E-state index in [9.17, 15) is 13.6 Å². The second-order valence-electron chi connectivity index (χ2n) is 2.45. The Morgan fingerprint density at radius 2 is 2.18 bits per heavy atom. The topological polar surface area (TPSA) is 49.3 Å². The van der Waals surface area contributed by atoms with E-state index >= 15 is 0 Å². The summed E-state index contributed by atoms with van der Waals surface area (Å²) in [5.41, 5.74) is -0.382. The van der Waals surface area contributed by atoms with Crippen molar-refractivity contribution in [2.75, 3.05) is 0 Å². The van der Waals surface area contributed by atoms with Crippen LogP contribution in [0.5, 0.6) is 0 Å². The number of halogens is 2. The number of alkyl halides is 2. The van der Waals surface area contributed by atoms with Gasteiger partial charge in [-0.25, -0.2) is 13.6 Å². The highest BCUT2D eigenvalue weighted by molar-refractivity contribution is 5.85. The van der Waals surface area contributed by atoms with E-state index in [1.807, 2.05) is 0 Å².